The van der Waals surface area contributed by atoms with Gasteiger partial charge in [-0.3, -0.25) is 9.36 Å². The van der Waals surface area contributed by atoms with Gasteiger partial charge in [0.2, 0.25) is 10.0 Å². The number of carbonyl (C=O) groups is 1. The van der Waals surface area contributed by atoms with Gasteiger partial charge in [-0.2, -0.15) is 4.31 Å². The van der Waals surface area contributed by atoms with Crippen LogP contribution in [0.25, 0.3) is 11.1 Å². The van der Waals surface area contributed by atoms with Crippen LogP contribution in [0.3, 0.4) is 0 Å². The number of sulfonamides is 1. The van der Waals surface area contributed by atoms with Gasteiger partial charge in [0.05, 0.1) is 23.6 Å². The average molecular weight is 477 g/mol. The Hall–Kier alpha value is -2.98. The molecule has 1 aliphatic rings. The van der Waals surface area contributed by atoms with Crippen LogP contribution in [0.4, 0.5) is 4.39 Å². The zero-order chi connectivity index (χ0) is 23.8. The van der Waals surface area contributed by atoms with Crippen molar-refractivity contribution in [2.45, 2.75) is 38.1 Å². The second kappa shape index (κ2) is 9.11. The van der Waals surface area contributed by atoms with E-state index in [9.17, 15) is 22.4 Å². The van der Waals surface area contributed by atoms with E-state index in [0.29, 0.717) is 19.0 Å². The van der Waals surface area contributed by atoms with Crippen LogP contribution >= 0.6 is 0 Å². The van der Waals surface area contributed by atoms with Gasteiger partial charge in [0.25, 0.3) is 0 Å². The first-order chi connectivity index (χ1) is 15.7. The third-order valence-electron chi connectivity index (χ3n) is 5.88. The molecule has 0 unspecified atom stereocenters. The maximum atomic E-state index is 14.1. The number of hydrogen-bond donors (Lipinski definition) is 0. The van der Waals surface area contributed by atoms with E-state index in [1.54, 1.807) is 6.92 Å². The number of Topliss-reactive ketones (excluding diaryl/α,β-unsaturated/α-hetero) is 1. The Balaban J connectivity index is 1.60. The second-order valence-corrected chi connectivity index (χ2v) is 10.1. The number of nitrogens with zero attached hydrogens (tertiary/aromatic N) is 2. The van der Waals surface area contributed by atoms with Crippen molar-refractivity contribution >= 4 is 26.9 Å². The fraction of sp³-hybridized carbons (Fsp3) is 0.391. The van der Waals surface area contributed by atoms with Gasteiger partial charge in [-0.25, -0.2) is 17.6 Å². The summed E-state index contributed by atoms with van der Waals surface area (Å²) >= 11 is 0. The van der Waals surface area contributed by atoms with Crippen LogP contribution in [0.5, 0.6) is 5.75 Å². The maximum Gasteiger partial charge on any atom is 0.420 e. The summed E-state index contributed by atoms with van der Waals surface area (Å²) in [5, 5.41) is 0. The molecular weight excluding hydrogens is 451 g/mol. The lowest BCUT2D eigenvalue weighted by atomic mass is 10.0. The Labute approximate surface area is 190 Å². The average Bonchev–Trinajstić information content (AvgIpc) is 3.09. The fourth-order valence-corrected chi connectivity index (χ4v) is 5.40. The van der Waals surface area contributed by atoms with E-state index in [0.717, 1.165) is 23.5 Å². The molecule has 1 saturated heterocycles. The largest absolute Gasteiger partial charge is 0.491 e. The Bertz CT molecular complexity index is 1350. The minimum Gasteiger partial charge on any atom is -0.491 e. The Morgan fingerprint density at radius 1 is 1.18 bits per heavy atom. The summed E-state index contributed by atoms with van der Waals surface area (Å²) in [6.07, 6.45) is 1.59. The maximum absolute atomic E-state index is 14.1. The highest BCUT2D eigenvalue weighted by Crippen LogP contribution is 2.26. The van der Waals surface area contributed by atoms with E-state index in [1.165, 1.54) is 34.6 Å². The van der Waals surface area contributed by atoms with Crippen molar-refractivity contribution in [2.24, 2.45) is 5.92 Å². The molecule has 2 heterocycles. The second-order valence-electron chi connectivity index (χ2n) is 8.17. The summed E-state index contributed by atoms with van der Waals surface area (Å²) in [6, 6.07) is 8.01. The summed E-state index contributed by atoms with van der Waals surface area (Å²) in [5.41, 5.74) is 0.429. The van der Waals surface area contributed by atoms with Gasteiger partial charge in [-0.05, 0) is 56.0 Å². The number of fused-ring (bicyclic) bond motifs is 1. The van der Waals surface area contributed by atoms with Gasteiger partial charge < -0.3 is 9.15 Å². The van der Waals surface area contributed by atoms with Crippen molar-refractivity contribution in [2.75, 3.05) is 19.7 Å². The van der Waals surface area contributed by atoms with Crippen LogP contribution < -0.4 is 10.5 Å². The Morgan fingerprint density at radius 3 is 2.58 bits per heavy atom. The normalized spacial score (nSPS) is 15.7. The highest BCUT2D eigenvalue weighted by atomic mass is 32.2. The Morgan fingerprint density at radius 2 is 1.91 bits per heavy atom. The third-order valence-corrected chi connectivity index (χ3v) is 7.77. The number of oxazole rings is 1. The van der Waals surface area contributed by atoms with E-state index in [2.05, 4.69) is 6.92 Å². The Kier molecular flexibility index (Phi) is 6.40. The van der Waals surface area contributed by atoms with E-state index in [1.807, 2.05) is 0 Å². The standard InChI is InChI=1S/C23H25FN2O6S/c1-3-31-21-7-4-16(12-18(21)24)20(27)14-26-19-6-5-17(13-22(19)32-23(26)28)33(29,30)25-10-8-15(2)9-11-25/h4-7,12-13,15H,3,8-11,14H2,1-2H3. The molecule has 0 radical (unpaired) electrons. The van der Waals surface area contributed by atoms with Gasteiger partial charge >= 0.3 is 5.76 Å². The molecule has 2 aromatic carbocycles. The van der Waals surface area contributed by atoms with Crippen molar-refractivity contribution < 1.29 is 26.8 Å². The zero-order valence-electron chi connectivity index (χ0n) is 18.4. The number of rotatable bonds is 7. The number of aromatic nitrogens is 1. The van der Waals surface area contributed by atoms with E-state index >= 15 is 0 Å². The quantitative estimate of drug-likeness (QED) is 0.485. The summed E-state index contributed by atoms with van der Waals surface area (Å²) in [4.78, 5) is 25.1. The van der Waals surface area contributed by atoms with Crippen molar-refractivity contribution in [3.63, 3.8) is 0 Å². The van der Waals surface area contributed by atoms with Crippen LogP contribution in [-0.4, -0.2) is 42.8 Å². The highest BCUT2D eigenvalue weighted by molar-refractivity contribution is 7.89. The number of ketones is 1. The predicted molar refractivity (Wildman–Crippen MR) is 120 cm³/mol. The lowest BCUT2D eigenvalue weighted by Gasteiger charge is -2.29. The van der Waals surface area contributed by atoms with Gasteiger partial charge in [0, 0.05) is 24.7 Å². The molecule has 0 spiro atoms. The molecule has 10 heteroatoms. The molecule has 0 N–H and O–H groups in total. The molecule has 0 amide bonds. The number of carbonyl (C=O) groups excluding carboxylic acids is 1. The summed E-state index contributed by atoms with van der Waals surface area (Å²) in [7, 11) is -3.72. The van der Waals surface area contributed by atoms with Crippen LogP contribution in [-0.2, 0) is 16.6 Å². The van der Waals surface area contributed by atoms with Crippen LogP contribution in [0, 0.1) is 11.7 Å². The molecular formula is C23H25FN2O6S. The smallest absolute Gasteiger partial charge is 0.420 e. The van der Waals surface area contributed by atoms with Crippen LogP contribution in [0.1, 0.15) is 37.0 Å². The molecule has 33 heavy (non-hydrogen) atoms. The molecule has 176 valence electrons. The van der Waals surface area contributed by atoms with Crippen molar-refractivity contribution in [3.05, 3.63) is 58.3 Å². The zero-order valence-corrected chi connectivity index (χ0v) is 19.2. The lowest BCUT2D eigenvalue weighted by molar-refractivity contribution is 0.0970. The minimum atomic E-state index is -3.72. The fourth-order valence-electron chi connectivity index (χ4n) is 3.91. The summed E-state index contributed by atoms with van der Waals surface area (Å²) in [5.74, 6) is -1.45. The lowest BCUT2D eigenvalue weighted by Crippen LogP contribution is -2.37. The molecule has 0 atom stereocenters. The van der Waals surface area contributed by atoms with Gasteiger partial charge in [0.1, 0.15) is 0 Å². The first-order valence-corrected chi connectivity index (χ1v) is 12.2. The number of halogens is 1. The van der Waals surface area contributed by atoms with Gasteiger partial charge in [-0.15, -0.1) is 0 Å². The molecule has 4 rings (SSSR count). The number of ether oxygens (including phenoxy) is 1. The van der Waals surface area contributed by atoms with Gasteiger partial charge in [0.15, 0.2) is 22.9 Å². The number of piperidine rings is 1. The molecule has 8 nitrogen and oxygen atoms in total. The predicted octanol–water partition coefficient (Wildman–Crippen LogP) is 3.44. The van der Waals surface area contributed by atoms with Gasteiger partial charge in [-0.1, -0.05) is 6.92 Å². The van der Waals surface area contributed by atoms with E-state index in [4.69, 9.17) is 9.15 Å². The SMILES string of the molecule is CCOc1ccc(C(=O)Cn2c(=O)oc3cc(S(=O)(=O)N4CCC(C)CC4)ccc32)cc1F. The number of hydrogen-bond acceptors (Lipinski definition) is 6. The van der Waals surface area contributed by atoms with Crippen molar-refractivity contribution in [1.29, 1.82) is 0 Å². The molecule has 1 aromatic heterocycles. The van der Waals surface area contributed by atoms with Crippen molar-refractivity contribution in [1.82, 2.24) is 8.87 Å². The number of benzene rings is 2. The van der Waals surface area contributed by atoms with Crippen molar-refractivity contribution in [3.8, 4) is 5.75 Å². The summed E-state index contributed by atoms with van der Waals surface area (Å²) < 4.78 is 53.0. The molecule has 1 fully saturated rings. The monoisotopic (exact) mass is 476 g/mol. The third kappa shape index (κ3) is 4.58. The first-order valence-electron chi connectivity index (χ1n) is 10.8. The highest BCUT2D eigenvalue weighted by Gasteiger charge is 2.29. The molecule has 0 saturated carbocycles. The van der Waals surface area contributed by atoms with Crippen LogP contribution in [0.2, 0.25) is 0 Å². The molecule has 3 aromatic rings. The van der Waals surface area contributed by atoms with E-state index in [-0.39, 0.29) is 40.5 Å². The summed E-state index contributed by atoms with van der Waals surface area (Å²) in [6.45, 7) is 4.61. The molecule has 0 aliphatic carbocycles. The van der Waals surface area contributed by atoms with Crippen LogP contribution in [0.15, 0.2) is 50.5 Å². The molecule has 1 aliphatic heterocycles. The first kappa shape index (κ1) is 23.2. The topological polar surface area (TPSA) is 98.8 Å². The van der Waals surface area contributed by atoms with E-state index < -0.39 is 27.4 Å². The minimum absolute atomic E-state index is 0.0327. The molecule has 0 bridgehead atoms.